The van der Waals surface area contributed by atoms with E-state index in [0.29, 0.717) is 23.5 Å². The first kappa shape index (κ1) is 22.7. The maximum Gasteiger partial charge on any atom is 0.223 e. The Balaban J connectivity index is 1.41. The van der Waals surface area contributed by atoms with Gasteiger partial charge in [0.1, 0.15) is 5.78 Å². The largest absolute Gasteiger partial charge is 0.370 e. The van der Waals surface area contributed by atoms with Crippen LogP contribution in [-0.4, -0.2) is 48.6 Å². The van der Waals surface area contributed by atoms with Gasteiger partial charge in [-0.05, 0) is 49.7 Å². The highest BCUT2D eigenvalue weighted by atomic mass is 32.1. The van der Waals surface area contributed by atoms with Crippen LogP contribution in [0.3, 0.4) is 0 Å². The number of nitriles is 1. The van der Waals surface area contributed by atoms with Crippen LogP contribution in [0.15, 0.2) is 36.4 Å². The summed E-state index contributed by atoms with van der Waals surface area (Å²) in [7, 11) is 0. The van der Waals surface area contributed by atoms with Gasteiger partial charge in [-0.25, -0.2) is 0 Å². The van der Waals surface area contributed by atoms with Gasteiger partial charge in [-0.1, -0.05) is 0 Å². The molecule has 0 radical (unpaired) electrons. The minimum absolute atomic E-state index is 0.00441. The molecular formula is C24H27N3O3S. The number of ketones is 2. The summed E-state index contributed by atoms with van der Waals surface area (Å²) in [6.07, 6.45) is 1.63. The number of anilines is 1. The van der Waals surface area contributed by atoms with E-state index in [1.54, 1.807) is 18.2 Å². The first-order valence-electron chi connectivity index (χ1n) is 10.6. The Bertz CT molecular complexity index is 975. The fourth-order valence-electron chi connectivity index (χ4n) is 3.66. The van der Waals surface area contributed by atoms with E-state index >= 15 is 0 Å². The number of thiophene rings is 1. The number of amides is 1. The van der Waals surface area contributed by atoms with E-state index in [4.69, 9.17) is 5.26 Å². The Labute approximate surface area is 187 Å². The van der Waals surface area contributed by atoms with Gasteiger partial charge in [-0.2, -0.15) is 5.26 Å². The van der Waals surface area contributed by atoms with Gasteiger partial charge in [-0.3, -0.25) is 14.4 Å². The van der Waals surface area contributed by atoms with Crippen molar-refractivity contribution in [2.24, 2.45) is 0 Å². The molecule has 7 heteroatoms. The number of carbonyl (C=O) groups is 3. The zero-order valence-corrected chi connectivity index (χ0v) is 18.6. The second-order valence-electron chi connectivity index (χ2n) is 7.75. The van der Waals surface area contributed by atoms with Crippen molar-refractivity contribution in [2.45, 2.75) is 39.0 Å². The average molecular weight is 438 g/mol. The molecule has 0 aliphatic carbocycles. The highest BCUT2D eigenvalue weighted by Crippen LogP contribution is 2.19. The predicted octanol–water partition coefficient (Wildman–Crippen LogP) is 3.98. The first-order valence-corrected chi connectivity index (χ1v) is 11.4. The highest BCUT2D eigenvalue weighted by molar-refractivity contribution is 7.14. The number of hydrogen-bond donors (Lipinski definition) is 0. The number of carbonyl (C=O) groups excluding carboxylic acids is 3. The van der Waals surface area contributed by atoms with Crippen LogP contribution < -0.4 is 4.90 Å². The van der Waals surface area contributed by atoms with Crippen LogP contribution in [0.25, 0.3) is 0 Å². The van der Waals surface area contributed by atoms with Crippen molar-refractivity contribution in [2.75, 3.05) is 31.1 Å². The molecule has 1 aliphatic rings. The van der Waals surface area contributed by atoms with Crippen molar-refractivity contribution < 1.29 is 14.4 Å². The third-order valence-corrected chi connectivity index (χ3v) is 6.52. The summed E-state index contributed by atoms with van der Waals surface area (Å²) in [4.78, 5) is 42.7. The SMILES string of the molecule is Cc1ccc(C(=O)CCC(=O)CCC(=O)N2CCCN(c3ccc(C#N)cc3)CC2)s1. The van der Waals surface area contributed by atoms with E-state index in [2.05, 4.69) is 11.0 Å². The maximum atomic E-state index is 12.6. The van der Waals surface area contributed by atoms with Crippen LogP contribution in [0, 0.1) is 18.3 Å². The Morgan fingerprint density at radius 1 is 0.935 bits per heavy atom. The Hall–Kier alpha value is -2.98. The van der Waals surface area contributed by atoms with Crippen molar-refractivity contribution in [3.05, 3.63) is 51.7 Å². The molecule has 3 rings (SSSR count). The lowest BCUT2D eigenvalue weighted by Crippen LogP contribution is -2.35. The number of benzene rings is 1. The molecule has 0 saturated carbocycles. The first-order chi connectivity index (χ1) is 15.0. The quantitative estimate of drug-likeness (QED) is 0.584. The van der Waals surface area contributed by atoms with Gasteiger partial charge in [0.2, 0.25) is 5.91 Å². The van der Waals surface area contributed by atoms with E-state index in [9.17, 15) is 14.4 Å². The summed E-state index contributed by atoms with van der Waals surface area (Å²) in [5, 5.41) is 8.94. The molecule has 0 spiro atoms. The van der Waals surface area contributed by atoms with Crippen molar-refractivity contribution in [3.63, 3.8) is 0 Å². The summed E-state index contributed by atoms with van der Waals surface area (Å²) >= 11 is 1.45. The van der Waals surface area contributed by atoms with Crippen LogP contribution in [0.5, 0.6) is 0 Å². The highest BCUT2D eigenvalue weighted by Gasteiger charge is 2.20. The monoisotopic (exact) mass is 437 g/mol. The molecule has 0 unspecified atom stereocenters. The van der Waals surface area contributed by atoms with E-state index in [1.165, 1.54) is 11.3 Å². The minimum atomic E-state index is -0.0380. The molecule has 0 bridgehead atoms. The lowest BCUT2D eigenvalue weighted by atomic mass is 10.1. The molecular weight excluding hydrogens is 410 g/mol. The third kappa shape index (κ3) is 6.50. The average Bonchev–Trinajstić information content (AvgIpc) is 3.07. The number of nitrogens with zero attached hydrogens (tertiary/aromatic N) is 3. The Morgan fingerprint density at radius 3 is 2.35 bits per heavy atom. The predicted molar refractivity (Wildman–Crippen MR) is 121 cm³/mol. The molecule has 6 nitrogen and oxygen atoms in total. The van der Waals surface area contributed by atoms with E-state index in [0.717, 1.165) is 30.1 Å². The zero-order chi connectivity index (χ0) is 22.2. The number of rotatable bonds is 8. The molecule has 2 heterocycles. The summed E-state index contributed by atoms with van der Waals surface area (Å²) in [6, 6.07) is 13.3. The van der Waals surface area contributed by atoms with Gasteiger partial charge < -0.3 is 9.80 Å². The fourth-order valence-corrected chi connectivity index (χ4v) is 4.50. The molecule has 2 aromatic rings. The molecule has 1 fully saturated rings. The smallest absolute Gasteiger partial charge is 0.223 e. The van der Waals surface area contributed by atoms with Crippen molar-refractivity contribution >= 4 is 34.5 Å². The maximum absolute atomic E-state index is 12.6. The minimum Gasteiger partial charge on any atom is -0.370 e. The van der Waals surface area contributed by atoms with Crippen LogP contribution in [0.4, 0.5) is 5.69 Å². The van der Waals surface area contributed by atoms with Crippen molar-refractivity contribution in [1.29, 1.82) is 5.26 Å². The standard InChI is InChI=1S/C24H27N3O3S/c1-18-3-11-23(31-18)22(29)10-8-21(28)9-12-24(30)27-14-2-13-26(15-16-27)20-6-4-19(17-25)5-7-20/h3-7,11H,2,8-10,12-16H2,1H3. The molecule has 31 heavy (non-hydrogen) atoms. The molecule has 1 aliphatic heterocycles. The van der Waals surface area contributed by atoms with E-state index in [-0.39, 0.29) is 43.2 Å². The van der Waals surface area contributed by atoms with Crippen LogP contribution in [0.1, 0.15) is 52.2 Å². The van der Waals surface area contributed by atoms with Crippen molar-refractivity contribution in [3.8, 4) is 6.07 Å². The van der Waals surface area contributed by atoms with Gasteiger partial charge in [-0.15, -0.1) is 11.3 Å². The fraction of sp³-hybridized carbons (Fsp3) is 0.417. The lowest BCUT2D eigenvalue weighted by Gasteiger charge is -2.23. The number of hydrogen-bond acceptors (Lipinski definition) is 6. The molecule has 162 valence electrons. The third-order valence-electron chi connectivity index (χ3n) is 5.47. The topological polar surface area (TPSA) is 81.5 Å². The van der Waals surface area contributed by atoms with Gasteiger partial charge >= 0.3 is 0 Å². The van der Waals surface area contributed by atoms with Gasteiger partial charge in [0.25, 0.3) is 0 Å². The number of Topliss-reactive ketones (excluding diaryl/α,β-unsaturated/α-hetero) is 2. The molecule has 0 atom stereocenters. The molecule has 1 aromatic heterocycles. The van der Waals surface area contributed by atoms with Gasteiger partial charge in [0, 0.05) is 62.4 Å². The second-order valence-corrected chi connectivity index (χ2v) is 9.04. The normalized spacial score (nSPS) is 14.1. The lowest BCUT2D eigenvalue weighted by molar-refractivity contribution is -0.133. The van der Waals surface area contributed by atoms with E-state index in [1.807, 2.05) is 30.0 Å². The van der Waals surface area contributed by atoms with Gasteiger partial charge in [0.05, 0.1) is 16.5 Å². The molecule has 1 aromatic carbocycles. The van der Waals surface area contributed by atoms with Crippen LogP contribution in [-0.2, 0) is 9.59 Å². The molecule has 1 saturated heterocycles. The van der Waals surface area contributed by atoms with Gasteiger partial charge in [0.15, 0.2) is 5.78 Å². The summed E-state index contributed by atoms with van der Waals surface area (Å²) in [5.41, 5.74) is 1.68. The van der Waals surface area contributed by atoms with E-state index < -0.39 is 0 Å². The summed E-state index contributed by atoms with van der Waals surface area (Å²) in [6.45, 7) is 4.81. The van der Waals surface area contributed by atoms with Crippen molar-refractivity contribution in [1.82, 2.24) is 4.90 Å². The molecule has 0 N–H and O–H groups in total. The van der Waals surface area contributed by atoms with Crippen LogP contribution in [0.2, 0.25) is 0 Å². The Morgan fingerprint density at radius 2 is 1.68 bits per heavy atom. The van der Waals surface area contributed by atoms with Crippen LogP contribution >= 0.6 is 11.3 Å². The summed E-state index contributed by atoms with van der Waals surface area (Å²) < 4.78 is 0. The second kappa shape index (κ2) is 10.9. The zero-order valence-electron chi connectivity index (χ0n) is 17.8. The molecule has 1 amide bonds. The summed E-state index contributed by atoms with van der Waals surface area (Å²) in [5.74, 6) is -0.0487. The number of aryl methyl sites for hydroxylation is 1. The Kier molecular flexibility index (Phi) is 7.96.